The number of benzene rings is 1. The minimum atomic E-state index is -4.35. The molecule has 1 aromatic rings. The van der Waals surface area contributed by atoms with Gasteiger partial charge in [0.05, 0.1) is 5.56 Å². The van der Waals surface area contributed by atoms with Crippen LogP contribution in [0.25, 0.3) is 0 Å². The van der Waals surface area contributed by atoms with E-state index in [1.54, 1.807) is 23.9 Å². The Labute approximate surface area is 121 Å². The number of rotatable bonds is 2. The minimum absolute atomic E-state index is 0.0820. The van der Waals surface area contributed by atoms with Gasteiger partial charge in [0.1, 0.15) is 0 Å². The highest BCUT2D eigenvalue weighted by molar-refractivity contribution is 8.00. The predicted molar refractivity (Wildman–Crippen MR) is 78.1 cm³/mol. The predicted octanol–water partition coefficient (Wildman–Crippen LogP) is 3.49. The molecule has 2 nitrogen and oxygen atoms in total. The van der Waals surface area contributed by atoms with Gasteiger partial charge in [0.15, 0.2) is 0 Å². The van der Waals surface area contributed by atoms with Gasteiger partial charge in [-0.05, 0) is 24.6 Å². The highest BCUT2D eigenvalue weighted by Gasteiger charge is 2.37. The summed E-state index contributed by atoms with van der Waals surface area (Å²) in [6, 6.07) is 4.50. The fourth-order valence-electron chi connectivity index (χ4n) is 2.46. The van der Waals surface area contributed by atoms with E-state index in [2.05, 4.69) is 6.92 Å². The van der Waals surface area contributed by atoms with E-state index in [0.29, 0.717) is 17.4 Å². The SMILES string of the molecule is CC1SCCN(c2ccc(CN)cc2C(F)(F)F)C1C. The topological polar surface area (TPSA) is 29.3 Å². The molecule has 20 heavy (non-hydrogen) atoms. The van der Waals surface area contributed by atoms with E-state index >= 15 is 0 Å². The number of hydrogen-bond donors (Lipinski definition) is 1. The summed E-state index contributed by atoms with van der Waals surface area (Å²) in [5, 5.41) is 0.319. The standard InChI is InChI=1S/C14H19F3N2S/c1-9-10(2)20-6-5-19(9)13-4-3-11(8-18)7-12(13)14(15,16)17/h3-4,7,9-10H,5-6,8,18H2,1-2H3. The van der Waals surface area contributed by atoms with Gasteiger partial charge in [-0.15, -0.1) is 0 Å². The van der Waals surface area contributed by atoms with Gasteiger partial charge in [-0.2, -0.15) is 24.9 Å². The van der Waals surface area contributed by atoms with Gasteiger partial charge in [-0.1, -0.05) is 13.0 Å². The Balaban J connectivity index is 2.45. The van der Waals surface area contributed by atoms with Crippen molar-refractivity contribution in [3.63, 3.8) is 0 Å². The minimum Gasteiger partial charge on any atom is -0.366 e. The van der Waals surface area contributed by atoms with Crippen LogP contribution in [-0.4, -0.2) is 23.6 Å². The van der Waals surface area contributed by atoms with E-state index in [4.69, 9.17) is 5.73 Å². The molecule has 0 spiro atoms. The van der Waals surface area contributed by atoms with Crippen molar-refractivity contribution in [1.82, 2.24) is 0 Å². The summed E-state index contributed by atoms with van der Waals surface area (Å²) >= 11 is 1.80. The third-order valence-electron chi connectivity index (χ3n) is 3.80. The summed E-state index contributed by atoms with van der Waals surface area (Å²) < 4.78 is 39.8. The number of anilines is 1. The Morgan fingerprint density at radius 3 is 2.65 bits per heavy atom. The van der Waals surface area contributed by atoms with E-state index < -0.39 is 11.7 Å². The zero-order chi connectivity index (χ0) is 14.9. The zero-order valence-corrected chi connectivity index (χ0v) is 12.4. The van der Waals surface area contributed by atoms with Crippen LogP contribution in [0, 0.1) is 0 Å². The monoisotopic (exact) mass is 304 g/mol. The van der Waals surface area contributed by atoms with Crippen molar-refractivity contribution in [3.05, 3.63) is 29.3 Å². The molecule has 1 heterocycles. The average Bonchev–Trinajstić information content (AvgIpc) is 2.40. The number of thioether (sulfide) groups is 1. The summed E-state index contributed by atoms with van der Waals surface area (Å²) in [6.07, 6.45) is -4.35. The molecule has 0 saturated carbocycles. The van der Waals surface area contributed by atoms with E-state index in [-0.39, 0.29) is 18.3 Å². The first kappa shape index (κ1) is 15.5. The molecule has 1 fully saturated rings. The lowest BCUT2D eigenvalue weighted by molar-refractivity contribution is -0.137. The molecule has 1 aromatic carbocycles. The van der Waals surface area contributed by atoms with Crippen LogP contribution in [0.1, 0.15) is 25.0 Å². The molecular formula is C14H19F3N2S. The van der Waals surface area contributed by atoms with Crippen molar-refractivity contribution in [2.75, 3.05) is 17.2 Å². The van der Waals surface area contributed by atoms with Gasteiger partial charge in [0, 0.05) is 35.8 Å². The van der Waals surface area contributed by atoms with Crippen molar-refractivity contribution >= 4 is 17.4 Å². The van der Waals surface area contributed by atoms with Crippen molar-refractivity contribution in [1.29, 1.82) is 0 Å². The van der Waals surface area contributed by atoms with E-state index in [1.165, 1.54) is 6.07 Å². The van der Waals surface area contributed by atoms with Crippen molar-refractivity contribution in [2.24, 2.45) is 5.73 Å². The summed E-state index contributed by atoms with van der Waals surface area (Å²) in [5.74, 6) is 0.849. The Hall–Kier alpha value is -0.880. The lowest BCUT2D eigenvalue weighted by Crippen LogP contribution is -2.45. The maximum Gasteiger partial charge on any atom is 0.418 e. The second-order valence-corrected chi connectivity index (χ2v) is 6.55. The summed E-state index contributed by atoms with van der Waals surface area (Å²) in [4.78, 5) is 1.87. The maximum absolute atomic E-state index is 13.3. The number of nitrogens with zero attached hydrogens (tertiary/aromatic N) is 1. The molecule has 2 N–H and O–H groups in total. The second-order valence-electron chi connectivity index (χ2n) is 5.06. The highest BCUT2D eigenvalue weighted by Crippen LogP contribution is 2.40. The van der Waals surface area contributed by atoms with Crippen molar-refractivity contribution in [3.8, 4) is 0 Å². The number of alkyl halides is 3. The fraction of sp³-hybridized carbons (Fsp3) is 0.571. The van der Waals surface area contributed by atoms with Crippen molar-refractivity contribution in [2.45, 2.75) is 37.9 Å². The first-order valence-electron chi connectivity index (χ1n) is 6.63. The lowest BCUT2D eigenvalue weighted by atomic mass is 10.0. The van der Waals surface area contributed by atoms with Crippen LogP contribution in [0.15, 0.2) is 18.2 Å². The largest absolute Gasteiger partial charge is 0.418 e. The van der Waals surface area contributed by atoms with Crippen LogP contribution in [-0.2, 0) is 12.7 Å². The highest BCUT2D eigenvalue weighted by atomic mass is 32.2. The normalized spacial score (nSPS) is 24.0. The molecule has 112 valence electrons. The van der Waals surface area contributed by atoms with Crippen LogP contribution in [0.4, 0.5) is 18.9 Å². The molecule has 2 atom stereocenters. The molecule has 0 radical (unpaired) electrons. The number of hydrogen-bond acceptors (Lipinski definition) is 3. The molecule has 2 unspecified atom stereocenters. The fourth-order valence-corrected chi connectivity index (χ4v) is 3.56. The Morgan fingerprint density at radius 1 is 1.35 bits per heavy atom. The van der Waals surface area contributed by atoms with Gasteiger partial charge >= 0.3 is 6.18 Å². The molecule has 6 heteroatoms. The summed E-state index contributed by atoms with van der Waals surface area (Å²) in [7, 11) is 0. The number of nitrogens with two attached hydrogens (primary N) is 1. The van der Waals surface area contributed by atoms with Crippen LogP contribution in [0.2, 0.25) is 0 Å². The maximum atomic E-state index is 13.3. The summed E-state index contributed by atoms with van der Waals surface area (Å²) in [5.41, 5.74) is 5.66. The molecule has 1 aliphatic heterocycles. The zero-order valence-electron chi connectivity index (χ0n) is 11.6. The van der Waals surface area contributed by atoms with Crippen molar-refractivity contribution < 1.29 is 13.2 Å². The van der Waals surface area contributed by atoms with E-state index in [9.17, 15) is 13.2 Å². The van der Waals surface area contributed by atoms with Gasteiger partial charge in [0.2, 0.25) is 0 Å². The van der Waals surface area contributed by atoms with Crippen LogP contribution >= 0.6 is 11.8 Å². The van der Waals surface area contributed by atoms with Crippen LogP contribution < -0.4 is 10.6 Å². The van der Waals surface area contributed by atoms with Gasteiger partial charge < -0.3 is 10.6 Å². The van der Waals surface area contributed by atoms with Crippen LogP contribution in [0.5, 0.6) is 0 Å². The van der Waals surface area contributed by atoms with E-state index in [0.717, 1.165) is 5.75 Å². The average molecular weight is 304 g/mol. The van der Waals surface area contributed by atoms with Gasteiger partial charge in [-0.3, -0.25) is 0 Å². The lowest BCUT2D eigenvalue weighted by Gasteiger charge is -2.40. The smallest absolute Gasteiger partial charge is 0.366 e. The van der Waals surface area contributed by atoms with E-state index in [1.807, 2.05) is 11.8 Å². The first-order valence-corrected chi connectivity index (χ1v) is 7.68. The quantitative estimate of drug-likeness (QED) is 0.907. The Morgan fingerprint density at radius 2 is 2.05 bits per heavy atom. The van der Waals surface area contributed by atoms with Crippen LogP contribution in [0.3, 0.4) is 0 Å². The first-order chi connectivity index (χ1) is 9.34. The second kappa shape index (κ2) is 5.85. The van der Waals surface area contributed by atoms with Gasteiger partial charge in [0.25, 0.3) is 0 Å². The molecule has 0 bridgehead atoms. The molecular weight excluding hydrogens is 285 g/mol. The molecule has 1 aliphatic rings. The Bertz CT molecular complexity index is 476. The summed E-state index contributed by atoms with van der Waals surface area (Å²) in [6.45, 7) is 4.79. The Kier molecular flexibility index (Phi) is 4.54. The van der Waals surface area contributed by atoms with Gasteiger partial charge in [-0.25, -0.2) is 0 Å². The molecule has 0 aromatic heterocycles. The third-order valence-corrected chi connectivity index (χ3v) is 5.13. The molecule has 2 rings (SSSR count). The molecule has 0 aliphatic carbocycles. The number of halogens is 3. The molecule has 1 saturated heterocycles. The third kappa shape index (κ3) is 3.06. The molecule has 0 amide bonds.